The van der Waals surface area contributed by atoms with E-state index in [2.05, 4.69) is 30.8 Å². The molecule has 0 aliphatic carbocycles. The summed E-state index contributed by atoms with van der Waals surface area (Å²) in [6, 6.07) is 7.87. The van der Waals surface area contributed by atoms with Gasteiger partial charge in [-0.3, -0.25) is 9.78 Å². The fraction of sp³-hybridized carbons (Fsp3) is 0.208. The van der Waals surface area contributed by atoms with Gasteiger partial charge < -0.3 is 24.5 Å². The van der Waals surface area contributed by atoms with Crippen LogP contribution in [0.5, 0.6) is 17.4 Å². The third-order valence-corrected chi connectivity index (χ3v) is 5.60. The molecule has 4 aromatic rings. The number of methoxy groups -OCH3 is 1. The van der Waals surface area contributed by atoms with Crippen molar-refractivity contribution in [2.45, 2.75) is 18.9 Å². The molecule has 0 spiro atoms. The molecule has 2 aromatic heterocycles. The lowest BCUT2D eigenvalue weighted by molar-refractivity contribution is -0.119. The molecule has 1 unspecified atom stereocenters. The van der Waals surface area contributed by atoms with Gasteiger partial charge in [0.25, 0.3) is 0 Å². The van der Waals surface area contributed by atoms with Gasteiger partial charge >= 0.3 is 6.01 Å². The highest BCUT2D eigenvalue weighted by Gasteiger charge is 2.40. The maximum atomic E-state index is 14.6. The number of hydrogen-bond acceptors (Lipinski definition) is 9. The van der Waals surface area contributed by atoms with Crippen LogP contribution in [-0.4, -0.2) is 45.8 Å². The van der Waals surface area contributed by atoms with Gasteiger partial charge in [-0.05, 0) is 31.2 Å². The summed E-state index contributed by atoms with van der Waals surface area (Å²) in [5.41, 5.74) is 1.09. The molecule has 3 heterocycles. The topological polar surface area (TPSA) is 124 Å². The molecule has 0 radical (unpaired) electrons. The molecule has 5 rings (SSSR count). The first-order chi connectivity index (χ1) is 17.4. The van der Waals surface area contributed by atoms with Crippen LogP contribution in [0.15, 0.2) is 53.2 Å². The number of benzene rings is 2. The van der Waals surface area contributed by atoms with Gasteiger partial charge in [0.05, 0.1) is 19.0 Å². The van der Waals surface area contributed by atoms with E-state index in [9.17, 15) is 13.6 Å². The molecule has 1 saturated heterocycles. The Kier molecular flexibility index (Phi) is 6.15. The van der Waals surface area contributed by atoms with Crippen molar-refractivity contribution in [2.24, 2.45) is 0 Å². The van der Waals surface area contributed by atoms with Gasteiger partial charge in [-0.25, -0.2) is 13.8 Å². The second-order valence-corrected chi connectivity index (χ2v) is 8.02. The second-order valence-electron chi connectivity index (χ2n) is 8.02. The minimum absolute atomic E-state index is 0.0322. The van der Waals surface area contributed by atoms with Crippen LogP contribution in [0.3, 0.4) is 0 Å². The summed E-state index contributed by atoms with van der Waals surface area (Å²) < 4.78 is 45.5. The summed E-state index contributed by atoms with van der Waals surface area (Å²) in [6.07, 6.45) is 3.13. The summed E-state index contributed by atoms with van der Waals surface area (Å²) in [4.78, 5) is 20.7. The third-order valence-electron chi connectivity index (χ3n) is 5.60. The fourth-order valence-electron chi connectivity index (χ4n) is 3.90. The van der Waals surface area contributed by atoms with Gasteiger partial charge in [0, 0.05) is 41.9 Å². The van der Waals surface area contributed by atoms with Crippen molar-refractivity contribution < 1.29 is 27.5 Å². The normalized spacial score (nSPS) is 17.1. The van der Waals surface area contributed by atoms with Crippen molar-refractivity contribution in [1.82, 2.24) is 25.5 Å². The van der Waals surface area contributed by atoms with E-state index in [0.717, 1.165) is 17.8 Å². The van der Waals surface area contributed by atoms with Gasteiger partial charge in [-0.2, -0.15) is 0 Å². The van der Waals surface area contributed by atoms with Gasteiger partial charge in [-0.1, -0.05) is 5.10 Å². The molecular weight excluding hydrogens is 474 g/mol. The van der Waals surface area contributed by atoms with Gasteiger partial charge in [-0.15, -0.1) is 5.10 Å². The van der Waals surface area contributed by atoms with Crippen LogP contribution < -0.4 is 20.1 Å². The minimum Gasteiger partial charge on any atom is -0.497 e. The van der Waals surface area contributed by atoms with Gasteiger partial charge in [0.15, 0.2) is 0 Å². The SMILES string of the molecule is COc1cc(F)c(C2CNC(=O)[C@@H]2Nc2nnc(-c3ccc(Oc4cncc(C)n4)cc3)o2)c(F)c1. The predicted molar refractivity (Wildman–Crippen MR) is 123 cm³/mol. The molecule has 12 heteroatoms. The van der Waals surface area contributed by atoms with Crippen molar-refractivity contribution in [3.05, 3.63) is 71.7 Å². The number of rotatable bonds is 7. The Hall–Kier alpha value is -4.61. The van der Waals surface area contributed by atoms with Crippen molar-refractivity contribution in [3.63, 3.8) is 0 Å². The number of nitrogens with one attached hydrogen (secondary N) is 2. The lowest BCUT2D eigenvalue weighted by Gasteiger charge is -2.19. The molecule has 10 nitrogen and oxygen atoms in total. The van der Waals surface area contributed by atoms with Crippen LogP contribution in [0.25, 0.3) is 11.5 Å². The van der Waals surface area contributed by atoms with E-state index in [4.69, 9.17) is 13.9 Å². The predicted octanol–water partition coefficient (Wildman–Crippen LogP) is 3.61. The summed E-state index contributed by atoms with van der Waals surface area (Å²) in [5, 5.41) is 13.3. The number of aryl methyl sites for hydroxylation is 1. The summed E-state index contributed by atoms with van der Waals surface area (Å²) in [6.45, 7) is 1.84. The number of amides is 1. The number of carbonyl (C=O) groups excluding carboxylic acids is 1. The smallest absolute Gasteiger partial charge is 0.316 e. The number of ether oxygens (including phenoxy) is 2. The minimum atomic E-state index is -1.03. The van der Waals surface area contributed by atoms with Crippen molar-refractivity contribution in [1.29, 1.82) is 0 Å². The zero-order valence-corrected chi connectivity index (χ0v) is 19.2. The molecule has 2 atom stereocenters. The lowest BCUT2D eigenvalue weighted by atomic mass is 9.93. The zero-order valence-electron chi connectivity index (χ0n) is 19.2. The Morgan fingerprint density at radius 2 is 1.83 bits per heavy atom. The van der Waals surface area contributed by atoms with Crippen LogP contribution in [0.4, 0.5) is 14.8 Å². The standard InChI is InChI=1S/C24H20F2N6O4/c1-12-9-27-11-19(29-12)35-14-5-3-13(4-6-14)23-31-32-24(36-23)30-21-16(10-28-22(21)33)20-17(25)7-15(34-2)8-18(20)26/h3-9,11,16,21H,10H2,1-2H3,(H,28,33)(H,30,32)/t16?,21-/m1/s1. The second kappa shape index (κ2) is 9.56. The molecule has 1 amide bonds. The Bertz CT molecular complexity index is 1390. The van der Waals surface area contributed by atoms with E-state index in [0.29, 0.717) is 17.2 Å². The monoisotopic (exact) mass is 494 g/mol. The van der Waals surface area contributed by atoms with Crippen LogP contribution in [-0.2, 0) is 4.79 Å². The lowest BCUT2D eigenvalue weighted by Crippen LogP contribution is -2.33. The average Bonchev–Trinajstić information content (AvgIpc) is 3.47. The molecule has 0 saturated carbocycles. The highest BCUT2D eigenvalue weighted by atomic mass is 19.1. The van der Waals surface area contributed by atoms with E-state index in [1.807, 2.05) is 6.92 Å². The largest absolute Gasteiger partial charge is 0.497 e. The van der Waals surface area contributed by atoms with Crippen molar-refractivity contribution in [2.75, 3.05) is 19.0 Å². The van der Waals surface area contributed by atoms with Crippen molar-refractivity contribution in [3.8, 4) is 28.8 Å². The summed E-state index contributed by atoms with van der Waals surface area (Å²) in [7, 11) is 1.31. The number of carbonyl (C=O) groups is 1. The van der Waals surface area contributed by atoms with Crippen LogP contribution in [0, 0.1) is 18.6 Å². The maximum absolute atomic E-state index is 14.6. The van der Waals surface area contributed by atoms with Gasteiger partial charge in [0.1, 0.15) is 29.2 Å². The number of nitrogens with zero attached hydrogens (tertiary/aromatic N) is 4. The van der Waals surface area contributed by atoms with E-state index in [1.165, 1.54) is 13.3 Å². The number of anilines is 1. The first-order valence-electron chi connectivity index (χ1n) is 10.9. The Labute approximate surface area is 203 Å². The number of hydrogen-bond donors (Lipinski definition) is 2. The van der Waals surface area contributed by atoms with E-state index in [1.54, 1.807) is 30.5 Å². The van der Waals surface area contributed by atoms with E-state index in [-0.39, 0.29) is 29.8 Å². The average molecular weight is 494 g/mol. The quantitative estimate of drug-likeness (QED) is 0.396. The molecule has 1 fully saturated rings. The third kappa shape index (κ3) is 4.65. The molecule has 184 valence electrons. The fourth-order valence-corrected chi connectivity index (χ4v) is 3.90. The highest BCUT2D eigenvalue weighted by molar-refractivity contribution is 5.88. The number of aromatic nitrogens is 4. The first kappa shape index (κ1) is 23.1. The molecule has 1 aliphatic heterocycles. The van der Waals surface area contributed by atoms with Gasteiger partial charge in [0.2, 0.25) is 17.7 Å². The zero-order chi connectivity index (χ0) is 25.2. The molecule has 2 N–H and O–H groups in total. The van der Waals surface area contributed by atoms with Crippen LogP contribution in [0.1, 0.15) is 17.2 Å². The van der Waals surface area contributed by atoms with E-state index < -0.39 is 29.5 Å². The molecule has 36 heavy (non-hydrogen) atoms. The molecule has 0 bridgehead atoms. The molecule has 2 aromatic carbocycles. The number of halogens is 2. The molecular formula is C24H20F2N6O4. The summed E-state index contributed by atoms with van der Waals surface area (Å²) in [5.74, 6) is -1.81. The maximum Gasteiger partial charge on any atom is 0.316 e. The Balaban J connectivity index is 1.31. The summed E-state index contributed by atoms with van der Waals surface area (Å²) >= 11 is 0. The van der Waals surface area contributed by atoms with Crippen LogP contribution in [0.2, 0.25) is 0 Å². The first-order valence-corrected chi connectivity index (χ1v) is 10.9. The Morgan fingerprint density at radius 1 is 1.08 bits per heavy atom. The molecule has 1 aliphatic rings. The van der Waals surface area contributed by atoms with E-state index >= 15 is 0 Å². The van der Waals surface area contributed by atoms with Crippen molar-refractivity contribution >= 4 is 11.9 Å². The Morgan fingerprint density at radius 3 is 2.53 bits per heavy atom. The highest BCUT2D eigenvalue weighted by Crippen LogP contribution is 2.33. The van der Waals surface area contributed by atoms with Crippen LogP contribution >= 0.6 is 0 Å².